The van der Waals surface area contributed by atoms with Crippen molar-refractivity contribution in [1.82, 2.24) is 5.32 Å². The number of anilines is 1. The standard InChI is InChI=1S/C22H22N2O6/c1-12-6-13(2)8-14(7-12)24-21(26)17(20(25)23-22(24)27)11-16-18(29-4)9-15(28-3)10-19(16)30-5/h6-11H,1-5H3,(H,23,25,27)/b17-11+. The Morgan fingerprint density at radius 1 is 0.833 bits per heavy atom. The van der Waals surface area contributed by atoms with Crippen LogP contribution >= 0.6 is 0 Å². The Kier molecular flexibility index (Phi) is 5.77. The Balaban J connectivity index is 2.14. The molecule has 3 rings (SSSR count). The molecule has 30 heavy (non-hydrogen) atoms. The summed E-state index contributed by atoms with van der Waals surface area (Å²) in [6.45, 7) is 3.72. The van der Waals surface area contributed by atoms with Gasteiger partial charge in [0, 0.05) is 12.1 Å². The minimum absolute atomic E-state index is 0.226. The monoisotopic (exact) mass is 410 g/mol. The molecule has 1 heterocycles. The van der Waals surface area contributed by atoms with E-state index >= 15 is 0 Å². The molecule has 0 spiro atoms. The molecule has 0 aliphatic carbocycles. The Labute approximate surface area is 174 Å². The fraction of sp³-hybridized carbons (Fsp3) is 0.227. The van der Waals surface area contributed by atoms with E-state index in [0.29, 0.717) is 28.5 Å². The Bertz CT molecular complexity index is 1030. The highest BCUT2D eigenvalue weighted by Crippen LogP contribution is 2.36. The van der Waals surface area contributed by atoms with E-state index in [4.69, 9.17) is 14.2 Å². The number of urea groups is 1. The van der Waals surface area contributed by atoms with Gasteiger partial charge >= 0.3 is 6.03 Å². The zero-order chi connectivity index (χ0) is 22.0. The summed E-state index contributed by atoms with van der Waals surface area (Å²) >= 11 is 0. The molecule has 8 heteroatoms. The lowest BCUT2D eigenvalue weighted by atomic mass is 10.0. The molecule has 0 radical (unpaired) electrons. The molecule has 156 valence electrons. The molecule has 1 N–H and O–H groups in total. The Morgan fingerprint density at radius 3 is 1.90 bits per heavy atom. The summed E-state index contributed by atoms with van der Waals surface area (Å²) in [5.41, 5.74) is 2.28. The summed E-state index contributed by atoms with van der Waals surface area (Å²) in [5, 5.41) is 2.22. The smallest absolute Gasteiger partial charge is 0.335 e. The molecule has 8 nitrogen and oxygen atoms in total. The number of carbonyl (C=O) groups is 3. The minimum Gasteiger partial charge on any atom is -0.496 e. The molecular weight excluding hydrogens is 388 g/mol. The SMILES string of the molecule is COc1cc(OC)c(/C=C2\C(=O)NC(=O)N(c3cc(C)cc(C)c3)C2=O)c(OC)c1. The summed E-state index contributed by atoms with van der Waals surface area (Å²) in [5.74, 6) is -0.375. The van der Waals surface area contributed by atoms with Crippen molar-refractivity contribution in [2.45, 2.75) is 13.8 Å². The lowest BCUT2D eigenvalue weighted by Gasteiger charge is -2.27. The number of nitrogens with zero attached hydrogens (tertiary/aromatic N) is 1. The van der Waals surface area contributed by atoms with Gasteiger partial charge < -0.3 is 14.2 Å². The molecule has 2 aromatic rings. The first kappa shape index (κ1) is 20.9. The maximum atomic E-state index is 13.2. The van der Waals surface area contributed by atoms with E-state index in [1.807, 2.05) is 19.9 Å². The number of imide groups is 2. The molecule has 0 aromatic heterocycles. The van der Waals surface area contributed by atoms with E-state index in [1.54, 1.807) is 24.3 Å². The zero-order valence-electron chi connectivity index (χ0n) is 17.4. The first-order chi connectivity index (χ1) is 14.3. The summed E-state index contributed by atoms with van der Waals surface area (Å²) < 4.78 is 16.0. The minimum atomic E-state index is -0.805. The van der Waals surface area contributed by atoms with Crippen LogP contribution in [0.4, 0.5) is 10.5 Å². The van der Waals surface area contributed by atoms with Crippen LogP contribution in [0.25, 0.3) is 6.08 Å². The predicted molar refractivity (Wildman–Crippen MR) is 111 cm³/mol. The van der Waals surface area contributed by atoms with Crippen LogP contribution in [0.15, 0.2) is 35.9 Å². The number of rotatable bonds is 5. The molecule has 1 fully saturated rings. The van der Waals surface area contributed by atoms with Crippen LogP contribution in [0, 0.1) is 13.8 Å². The lowest BCUT2D eigenvalue weighted by molar-refractivity contribution is -0.122. The fourth-order valence-corrected chi connectivity index (χ4v) is 3.29. The largest absolute Gasteiger partial charge is 0.496 e. The van der Waals surface area contributed by atoms with Gasteiger partial charge in [0.25, 0.3) is 11.8 Å². The number of methoxy groups -OCH3 is 3. The molecular formula is C22H22N2O6. The molecule has 0 atom stereocenters. The number of hydrogen-bond donors (Lipinski definition) is 1. The van der Waals surface area contributed by atoms with Gasteiger partial charge in [-0.25, -0.2) is 9.69 Å². The maximum Gasteiger partial charge on any atom is 0.335 e. The third kappa shape index (κ3) is 3.84. The second-order valence-electron chi connectivity index (χ2n) is 6.75. The van der Waals surface area contributed by atoms with Crippen molar-refractivity contribution in [3.05, 3.63) is 52.6 Å². The van der Waals surface area contributed by atoms with E-state index < -0.39 is 17.8 Å². The van der Waals surface area contributed by atoms with E-state index in [0.717, 1.165) is 16.0 Å². The molecule has 1 aliphatic rings. The van der Waals surface area contributed by atoms with Crippen LogP contribution in [0.2, 0.25) is 0 Å². The van der Waals surface area contributed by atoms with Gasteiger partial charge in [-0.2, -0.15) is 0 Å². The molecule has 2 aromatic carbocycles. The highest BCUT2D eigenvalue weighted by Gasteiger charge is 2.37. The van der Waals surface area contributed by atoms with Gasteiger partial charge in [0.2, 0.25) is 0 Å². The highest BCUT2D eigenvalue weighted by molar-refractivity contribution is 6.39. The van der Waals surface area contributed by atoms with Gasteiger partial charge in [-0.15, -0.1) is 0 Å². The van der Waals surface area contributed by atoms with Gasteiger partial charge in [-0.3, -0.25) is 14.9 Å². The third-order valence-electron chi connectivity index (χ3n) is 4.61. The summed E-state index contributed by atoms with van der Waals surface area (Å²) in [7, 11) is 4.40. The average Bonchev–Trinajstić information content (AvgIpc) is 2.69. The molecule has 0 unspecified atom stereocenters. The Hall–Kier alpha value is -3.81. The fourth-order valence-electron chi connectivity index (χ4n) is 3.29. The number of benzene rings is 2. The van der Waals surface area contributed by atoms with Crippen LogP contribution < -0.4 is 24.4 Å². The number of aryl methyl sites for hydroxylation is 2. The lowest BCUT2D eigenvalue weighted by Crippen LogP contribution is -2.54. The average molecular weight is 410 g/mol. The van der Waals surface area contributed by atoms with Gasteiger partial charge in [0.1, 0.15) is 22.8 Å². The van der Waals surface area contributed by atoms with E-state index in [-0.39, 0.29) is 5.57 Å². The number of carbonyl (C=O) groups excluding carboxylic acids is 3. The number of hydrogen-bond acceptors (Lipinski definition) is 6. The highest BCUT2D eigenvalue weighted by atomic mass is 16.5. The van der Waals surface area contributed by atoms with Crippen LogP contribution in [0.1, 0.15) is 16.7 Å². The van der Waals surface area contributed by atoms with E-state index in [1.165, 1.54) is 27.4 Å². The van der Waals surface area contributed by atoms with Crippen molar-refractivity contribution in [3.8, 4) is 17.2 Å². The zero-order valence-corrected chi connectivity index (χ0v) is 17.4. The van der Waals surface area contributed by atoms with E-state index in [2.05, 4.69) is 5.32 Å². The van der Waals surface area contributed by atoms with Crippen molar-refractivity contribution in [2.75, 3.05) is 26.2 Å². The third-order valence-corrected chi connectivity index (χ3v) is 4.61. The first-order valence-corrected chi connectivity index (χ1v) is 9.08. The molecule has 4 amide bonds. The number of amides is 4. The second kappa shape index (κ2) is 8.28. The summed E-state index contributed by atoms with van der Waals surface area (Å²) in [6, 6.07) is 7.73. The van der Waals surface area contributed by atoms with Crippen LogP contribution in [0.5, 0.6) is 17.2 Å². The summed E-state index contributed by atoms with van der Waals surface area (Å²) in [6.07, 6.45) is 1.34. The first-order valence-electron chi connectivity index (χ1n) is 9.08. The molecule has 0 bridgehead atoms. The number of ether oxygens (including phenoxy) is 3. The van der Waals surface area contributed by atoms with Crippen molar-refractivity contribution < 1.29 is 28.6 Å². The molecule has 1 aliphatic heterocycles. The topological polar surface area (TPSA) is 94.2 Å². The normalized spacial score (nSPS) is 15.3. The van der Waals surface area contributed by atoms with Crippen molar-refractivity contribution in [2.24, 2.45) is 0 Å². The van der Waals surface area contributed by atoms with Gasteiger partial charge in [0.15, 0.2) is 0 Å². The number of nitrogens with one attached hydrogen (secondary N) is 1. The van der Waals surface area contributed by atoms with Gasteiger partial charge in [0.05, 0.1) is 32.6 Å². The quantitative estimate of drug-likeness (QED) is 0.602. The van der Waals surface area contributed by atoms with Gasteiger partial charge in [-0.05, 0) is 43.2 Å². The van der Waals surface area contributed by atoms with E-state index in [9.17, 15) is 14.4 Å². The van der Waals surface area contributed by atoms with Crippen LogP contribution in [-0.4, -0.2) is 39.2 Å². The maximum absolute atomic E-state index is 13.2. The van der Waals surface area contributed by atoms with Gasteiger partial charge in [-0.1, -0.05) is 6.07 Å². The molecule has 0 saturated carbocycles. The van der Waals surface area contributed by atoms with Crippen molar-refractivity contribution >= 4 is 29.6 Å². The van der Waals surface area contributed by atoms with Crippen LogP contribution in [-0.2, 0) is 9.59 Å². The Morgan fingerprint density at radius 2 is 1.40 bits per heavy atom. The number of barbiturate groups is 1. The molecule has 1 saturated heterocycles. The van der Waals surface area contributed by atoms with Crippen LogP contribution in [0.3, 0.4) is 0 Å². The van der Waals surface area contributed by atoms with Crippen molar-refractivity contribution in [3.63, 3.8) is 0 Å². The second-order valence-corrected chi connectivity index (χ2v) is 6.75. The predicted octanol–water partition coefficient (Wildman–Crippen LogP) is 3.00. The van der Waals surface area contributed by atoms with Crippen molar-refractivity contribution in [1.29, 1.82) is 0 Å². The summed E-state index contributed by atoms with van der Waals surface area (Å²) in [4.78, 5) is 39.1.